The average Bonchev–Trinajstić information content (AvgIpc) is 2.56. The predicted octanol–water partition coefficient (Wildman–Crippen LogP) is 4.38. The monoisotopic (exact) mass is 232 g/mol. The Labute approximate surface area is 85.3 Å². The summed E-state index contributed by atoms with van der Waals surface area (Å²) in [6, 6.07) is 0. The smallest absolute Gasteiger partial charge is 0.00597 e. The molecule has 0 aromatic carbocycles. The van der Waals surface area contributed by atoms with Gasteiger partial charge < -0.3 is 0 Å². The molecule has 1 fully saturated rings. The molecule has 0 bridgehead atoms. The van der Waals surface area contributed by atoms with Gasteiger partial charge in [-0.05, 0) is 24.7 Å². The van der Waals surface area contributed by atoms with Crippen LogP contribution < -0.4 is 0 Å². The SMILES string of the molecule is CCCC(CBr)CC1CCCC1. The zero-order valence-electron chi connectivity index (χ0n) is 8.19. The fraction of sp³-hybridized carbons (Fsp3) is 1.00. The summed E-state index contributed by atoms with van der Waals surface area (Å²) in [5, 5.41) is 1.22. The minimum absolute atomic E-state index is 0.957. The van der Waals surface area contributed by atoms with Crippen LogP contribution in [-0.4, -0.2) is 5.33 Å². The van der Waals surface area contributed by atoms with Crippen LogP contribution in [0.4, 0.5) is 0 Å². The van der Waals surface area contributed by atoms with Gasteiger partial charge in [0.1, 0.15) is 0 Å². The number of hydrogen-bond donors (Lipinski definition) is 0. The van der Waals surface area contributed by atoms with Crippen molar-refractivity contribution >= 4 is 15.9 Å². The molecule has 1 heteroatoms. The van der Waals surface area contributed by atoms with Gasteiger partial charge in [0.25, 0.3) is 0 Å². The van der Waals surface area contributed by atoms with Crippen LogP contribution in [-0.2, 0) is 0 Å². The van der Waals surface area contributed by atoms with Crippen LogP contribution >= 0.6 is 15.9 Å². The first kappa shape index (κ1) is 10.6. The Bertz CT molecular complexity index is 106. The number of rotatable bonds is 5. The summed E-state index contributed by atoms with van der Waals surface area (Å²) in [5.41, 5.74) is 0. The molecule has 1 aliphatic carbocycles. The Morgan fingerprint density at radius 2 is 2.00 bits per heavy atom. The standard InChI is InChI=1S/C11H21Br/c1-2-5-11(9-12)8-10-6-3-4-7-10/h10-11H,2-9H2,1H3. The van der Waals surface area contributed by atoms with Crippen LogP contribution in [0.25, 0.3) is 0 Å². The van der Waals surface area contributed by atoms with Gasteiger partial charge in [-0.2, -0.15) is 0 Å². The molecule has 0 aliphatic heterocycles. The van der Waals surface area contributed by atoms with Gasteiger partial charge in [-0.25, -0.2) is 0 Å². The minimum atomic E-state index is 0.957. The predicted molar refractivity (Wildman–Crippen MR) is 58.8 cm³/mol. The van der Waals surface area contributed by atoms with Crippen molar-refractivity contribution in [2.24, 2.45) is 11.8 Å². The van der Waals surface area contributed by atoms with Crippen molar-refractivity contribution in [1.82, 2.24) is 0 Å². The fourth-order valence-corrected chi connectivity index (χ4v) is 2.97. The first-order chi connectivity index (χ1) is 5.86. The molecule has 0 radical (unpaired) electrons. The molecule has 0 amide bonds. The van der Waals surface area contributed by atoms with Crippen molar-refractivity contribution in [2.45, 2.75) is 51.9 Å². The molecule has 12 heavy (non-hydrogen) atoms. The van der Waals surface area contributed by atoms with E-state index in [1.807, 2.05) is 0 Å². The summed E-state index contributed by atoms with van der Waals surface area (Å²) in [5.74, 6) is 2.03. The van der Waals surface area contributed by atoms with Crippen LogP contribution in [0.1, 0.15) is 51.9 Å². The van der Waals surface area contributed by atoms with E-state index in [0.29, 0.717) is 0 Å². The van der Waals surface area contributed by atoms with Gasteiger partial charge in [-0.3, -0.25) is 0 Å². The summed E-state index contributed by atoms with van der Waals surface area (Å²) < 4.78 is 0. The maximum absolute atomic E-state index is 3.62. The molecule has 1 aliphatic rings. The molecule has 1 unspecified atom stereocenters. The number of hydrogen-bond acceptors (Lipinski definition) is 0. The van der Waals surface area contributed by atoms with Crippen LogP contribution in [0, 0.1) is 11.8 Å². The van der Waals surface area contributed by atoms with E-state index in [4.69, 9.17) is 0 Å². The number of alkyl halides is 1. The second kappa shape index (κ2) is 6.01. The molecule has 0 N–H and O–H groups in total. The summed E-state index contributed by atoms with van der Waals surface area (Å²) >= 11 is 3.62. The topological polar surface area (TPSA) is 0 Å². The molecule has 1 saturated carbocycles. The third kappa shape index (κ3) is 3.47. The molecule has 1 rings (SSSR count). The summed E-state index contributed by atoms with van der Waals surface area (Å²) in [6.45, 7) is 2.30. The van der Waals surface area contributed by atoms with E-state index >= 15 is 0 Å². The lowest BCUT2D eigenvalue weighted by atomic mass is 9.92. The van der Waals surface area contributed by atoms with Crippen molar-refractivity contribution in [3.05, 3.63) is 0 Å². The van der Waals surface area contributed by atoms with Gasteiger partial charge in [-0.1, -0.05) is 55.0 Å². The van der Waals surface area contributed by atoms with E-state index in [-0.39, 0.29) is 0 Å². The molecule has 0 spiro atoms. The summed E-state index contributed by atoms with van der Waals surface area (Å²) in [7, 11) is 0. The lowest BCUT2D eigenvalue weighted by Gasteiger charge is -2.17. The van der Waals surface area contributed by atoms with Gasteiger partial charge in [0.05, 0.1) is 0 Å². The lowest BCUT2D eigenvalue weighted by molar-refractivity contribution is 0.384. The second-order valence-corrected chi connectivity index (χ2v) is 4.84. The Morgan fingerprint density at radius 3 is 2.50 bits per heavy atom. The first-order valence-corrected chi connectivity index (χ1v) is 6.55. The third-order valence-corrected chi connectivity index (χ3v) is 3.97. The van der Waals surface area contributed by atoms with Crippen molar-refractivity contribution in [1.29, 1.82) is 0 Å². The Hall–Kier alpha value is 0.480. The van der Waals surface area contributed by atoms with Crippen molar-refractivity contribution in [2.75, 3.05) is 5.33 Å². The molecule has 0 aromatic rings. The molecular weight excluding hydrogens is 212 g/mol. The normalized spacial score (nSPS) is 21.5. The zero-order valence-corrected chi connectivity index (χ0v) is 9.78. The quantitative estimate of drug-likeness (QED) is 0.618. The van der Waals surface area contributed by atoms with Gasteiger partial charge >= 0.3 is 0 Å². The highest BCUT2D eigenvalue weighted by atomic mass is 79.9. The zero-order chi connectivity index (χ0) is 8.81. The van der Waals surface area contributed by atoms with E-state index in [1.54, 1.807) is 0 Å². The molecule has 0 heterocycles. The molecule has 72 valence electrons. The highest BCUT2D eigenvalue weighted by Crippen LogP contribution is 2.32. The lowest BCUT2D eigenvalue weighted by Crippen LogP contribution is -2.07. The maximum Gasteiger partial charge on any atom is 0.00597 e. The van der Waals surface area contributed by atoms with Crippen molar-refractivity contribution in [3.63, 3.8) is 0 Å². The van der Waals surface area contributed by atoms with Gasteiger partial charge in [-0.15, -0.1) is 0 Å². The summed E-state index contributed by atoms with van der Waals surface area (Å²) in [4.78, 5) is 0. The van der Waals surface area contributed by atoms with Crippen LogP contribution in [0.5, 0.6) is 0 Å². The Morgan fingerprint density at radius 1 is 1.33 bits per heavy atom. The van der Waals surface area contributed by atoms with Crippen molar-refractivity contribution in [3.8, 4) is 0 Å². The molecular formula is C11H21Br. The van der Waals surface area contributed by atoms with Gasteiger partial charge in [0, 0.05) is 5.33 Å². The minimum Gasteiger partial charge on any atom is -0.0925 e. The van der Waals surface area contributed by atoms with E-state index in [1.165, 1.54) is 50.3 Å². The molecule has 0 aromatic heterocycles. The number of halogens is 1. The van der Waals surface area contributed by atoms with Crippen LogP contribution in [0.2, 0.25) is 0 Å². The second-order valence-electron chi connectivity index (χ2n) is 4.20. The molecule has 0 saturated heterocycles. The maximum atomic E-state index is 3.62. The van der Waals surface area contributed by atoms with E-state index in [9.17, 15) is 0 Å². The molecule has 1 atom stereocenters. The highest BCUT2D eigenvalue weighted by Gasteiger charge is 2.18. The third-order valence-electron chi connectivity index (χ3n) is 3.06. The molecule has 0 nitrogen and oxygen atoms in total. The van der Waals surface area contributed by atoms with Crippen LogP contribution in [0.3, 0.4) is 0 Å². The van der Waals surface area contributed by atoms with Crippen LogP contribution in [0.15, 0.2) is 0 Å². The summed E-state index contributed by atoms with van der Waals surface area (Å²) in [6.07, 6.45) is 10.3. The fourth-order valence-electron chi connectivity index (χ4n) is 2.38. The van der Waals surface area contributed by atoms with E-state index < -0.39 is 0 Å². The van der Waals surface area contributed by atoms with E-state index in [2.05, 4.69) is 22.9 Å². The first-order valence-electron chi connectivity index (χ1n) is 5.42. The average molecular weight is 233 g/mol. The highest BCUT2D eigenvalue weighted by molar-refractivity contribution is 9.09. The Balaban J connectivity index is 2.16. The van der Waals surface area contributed by atoms with Crippen molar-refractivity contribution < 1.29 is 0 Å². The van der Waals surface area contributed by atoms with Gasteiger partial charge in [0.2, 0.25) is 0 Å². The Kier molecular flexibility index (Phi) is 5.29. The van der Waals surface area contributed by atoms with Gasteiger partial charge in [0.15, 0.2) is 0 Å². The van der Waals surface area contributed by atoms with E-state index in [0.717, 1.165) is 11.8 Å². The largest absolute Gasteiger partial charge is 0.0925 e.